The molecule has 1 aromatic heterocycles. The lowest BCUT2D eigenvalue weighted by molar-refractivity contribution is -0.384. The fourth-order valence-corrected chi connectivity index (χ4v) is 3.46. The molecule has 7 nitrogen and oxygen atoms in total. The van der Waals surface area contributed by atoms with Gasteiger partial charge in [0.25, 0.3) is 5.69 Å². The number of nitro benzene ring substituents is 1. The van der Waals surface area contributed by atoms with E-state index in [1.54, 1.807) is 24.3 Å². The van der Waals surface area contributed by atoms with Crippen LogP contribution in [-0.2, 0) is 11.3 Å². The van der Waals surface area contributed by atoms with E-state index in [-0.39, 0.29) is 36.0 Å². The van der Waals surface area contributed by atoms with Gasteiger partial charge in [0.05, 0.1) is 17.0 Å². The molecule has 2 N–H and O–H groups in total. The molecule has 0 aliphatic heterocycles. The number of anilines is 1. The highest BCUT2D eigenvalue weighted by atomic mass is 35.5. The number of nitrogens with one attached hydrogen (secondary N) is 2. The summed E-state index contributed by atoms with van der Waals surface area (Å²) in [7, 11) is 0. The molecule has 9 heteroatoms. The predicted molar refractivity (Wildman–Crippen MR) is 126 cm³/mol. The number of furan rings is 1. The van der Waals surface area contributed by atoms with Gasteiger partial charge >= 0.3 is 0 Å². The smallest absolute Gasteiger partial charge is 0.281 e. The predicted octanol–water partition coefficient (Wildman–Crippen LogP) is 6.13. The highest BCUT2D eigenvalue weighted by Gasteiger charge is 2.29. The van der Waals surface area contributed by atoms with Crippen LogP contribution in [0.4, 0.5) is 11.4 Å². The number of carbonyl (C=O) groups is 1. The Morgan fingerprint density at radius 3 is 2.56 bits per heavy atom. The van der Waals surface area contributed by atoms with E-state index in [1.807, 2.05) is 31.2 Å². The molecule has 3 aromatic rings. The van der Waals surface area contributed by atoms with Crippen molar-refractivity contribution in [3.8, 4) is 11.3 Å². The van der Waals surface area contributed by atoms with Crippen LogP contribution in [0.2, 0.25) is 5.02 Å². The average Bonchev–Trinajstić information content (AvgIpc) is 3.51. The van der Waals surface area contributed by atoms with Gasteiger partial charge in [0, 0.05) is 28.7 Å². The molecule has 0 radical (unpaired) electrons. The Hall–Kier alpha value is -2.87. The van der Waals surface area contributed by atoms with Gasteiger partial charge in [0.2, 0.25) is 5.91 Å². The van der Waals surface area contributed by atoms with Crippen LogP contribution in [0.3, 0.4) is 0 Å². The Kier molecular flexibility index (Phi) is 7.56. The second kappa shape index (κ2) is 10.2. The lowest BCUT2D eigenvalue weighted by Crippen LogP contribution is -2.18. The number of hydrogen-bond acceptors (Lipinski definition) is 5. The highest BCUT2D eigenvalue weighted by molar-refractivity contribution is 6.30. The van der Waals surface area contributed by atoms with E-state index in [9.17, 15) is 14.9 Å². The van der Waals surface area contributed by atoms with Crippen molar-refractivity contribution in [1.29, 1.82) is 0 Å². The minimum absolute atomic E-state index is 0. The van der Waals surface area contributed by atoms with Crippen LogP contribution >= 0.6 is 24.0 Å². The molecule has 0 saturated heterocycles. The first-order valence-electron chi connectivity index (χ1n) is 10.1. The SMILES string of the molecule is CC(NCc1ccc(-c2ccc(Cl)cc2[N+](=O)[O-])o1)c1ccc(NC(=O)C2CC2)cc1.Cl. The van der Waals surface area contributed by atoms with E-state index in [0.717, 1.165) is 24.1 Å². The summed E-state index contributed by atoms with van der Waals surface area (Å²) in [5.74, 6) is 1.35. The number of nitrogens with zero attached hydrogens (tertiary/aromatic N) is 1. The third-order valence-electron chi connectivity index (χ3n) is 5.29. The van der Waals surface area contributed by atoms with Gasteiger partial charge in [-0.05, 0) is 61.7 Å². The van der Waals surface area contributed by atoms with E-state index in [2.05, 4.69) is 10.6 Å². The van der Waals surface area contributed by atoms with Crippen LogP contribution in [0, 0.1) is 16.0 Å². The summed E-state index contributed by atoms with van der Waals surface area (Å²) >= 11 is 5.88. The molecular formula is C23H23Cl2N3O4. The minimum atomic E-state index is -0.472. The van der Waals surface area contributed by atoms with Gasteiger partial charge < -0.3 is 15.1 Å². The van der Waals surface area contributed by atoms with Crippen molar-refractivity contribution in [2.24, 2.45) is 5.92 Å². The molecule has 1 aliphatic carbocycles. The van der Waals surface area contributed by atoms with Gasteiger partial charge in [-0.25, -0.2) is 0 Å². The van der Waals surface area contributed by atoms with Crippen molar-refractivity contribution in [3.05, 3.63) is 81.1 Å². The molecule has 0 bridgehead atoms. The number of benzene rings is 2. The quantitative estimate of drug-likeness (QED) is 0.301. The molecule has 4 rings (SSSR count). The summed E-state index contributed by atoms with van der Waals surface area (Å²) in [6, 6.07) is 15.8. The molecule has 1 saturated carbocycles. The number of rotatable bonds is 8. The lowest BCUT2D eigenvalue weighted by Gasteiger charge is -2.14. The van der Waals surface area contributed by atoms with Crippen molar-refractivity contribution >= 4 is 41.3 Å². The van der Waals surface area contributed by atoms with Crippen LogP contribution < -0.4 is 10.6 Å². The maximum atomic E-state index is 11.9. The van der Waals surface area contributed by atoms with Gasteiger partial charge in [-0.1, -0.05) is 23.7 Å². The third-order valence-corrected chi connectivity index (χ3v) is 5.53. The Morgan fingerprint density at radius 1 is 1.19 bits per heavy atom. The summed E-state index contributed by atoms with van der Waals surface area (Å²) in [5, 5.41) is 17.9. The van der Waals surface area contributed by atoms with Crippen molar-refractivity contribution < 1.29 is 14.1 Å². The molecule has 1 unspecified atom stereocenters. The Morgan fingerprint density at radius 2 is 1.91 bits per heavy atom. The fourth-order valence-electron chi connectivity index (χ4n) is 3.30. The van der Waals surface area contributed by atoms with E-state index < -0.39 is 4.92 Å². The van der Waals surface area contributed by atoms with Crippen molar-refractivity contribution in [2.45, 2.75) is 32.4 Å². The van der Waals surface area contributed by atoms with Crippen LogP contribution in [0.25, 0.3) is 11.3 Å². The third kappa shape index (κ3) is 5.68. The van der Waals surface area contributed by atoms with Crippen molar-refractivity contribution in [3.63, 3.8) is 0 Å². The van der Waals surface area contributed by atoms with Crippen LogP contribution in [0.1, 0.15) is 37.1 Å². The van der Waals surface area contributed by atoms with Crippen LogP contribution in [0.15, 0.2) is 59.0 Å². The molecule has 1 amide bonds. The highest BCUT2D eigenvalue weighted by Crippen LogP contribution is 2.33. The zero-order valence-corrected chi connectivity index (χ0v) is 18.9. The number of carbonyl (C=O) groups excluding carboxylic acids is 1. The lowest BCUT2D eigenvalue weighted by atomic mass is 10.1. The molecule has 32 heavy (non-hydrogen) atoms. The van der Waals surface area contributed by atoms with Gasteiger partial charge in [-0.2, -0.15) is 0 Å². The zero-order chi connectivity index (χ0) is 22.0. The van der Waals surface area contributed by atoms with Crippen molar-refractivity contribution in [2.75, 3.05) is 5.32 Å². The van der Waals surface area contributed by atoms with Crippen LogP contribution in [0.5, 0.6) is 0 Å². The summed E-state index contributed by atoms with van der Waals surface area (Å²) in [4.78, 5) is 22.7. The largest absolute Gasteiger partial charge is 0.459 e. The molecule has 1 atom stereocenters. The van der Waals surface area contributed by atoms with E-state index in [0.29, 0.717) is 28.7 Å². The van der Waals surface area contributed by atoms with Gasteiger partial charge in [-0.15, -0.1) is 12.4 Å². The molecule has 2 aromatic carbocycles. The Balaban J connectivity index is 0.00000289. The summed E-state index contributed by atoms with van der Waals surface area (Å²) in [5.41, 5.74) is 2.17. The first kappa shape index (κ1) is 23.8. The first-order chi connectivity index (χ1) is 14.9. The number of amides is 1. The minimum Gasteiger partial charge on any atom is -0.459 e. The maximum absolute atomic E-state index is 11.9. The standard InChI is InChI=1S/C23H22ClN3O4.ClH/c1-14(15-4-7-18(8-5-15)26-23(28)16-2-3-16)25-13-19-9-11-22(31-19)20-10-6-17(24)12-21(20)27(29)30;/h4-12,14,16,25H,2-3,13H2,1H3,(H,26,28);1H. The molecule has 1 fully saturated rings. The number of hydrogen-bond donors (Lipinski definition) is 2. The van der Waals surface area contributed by atoms with E-state index >= 15 is 0 Å². The molecule has 0 spiro atoms. The normalized spacial score (nSPS) is 13.8. The second-order valence-corrected chi connectivity index (χ2v) is 8.11. The van der Waals surface area contributed by atoms with Gasteiger partial charge in [0.15, 0.2) is 0 Å². The maximum Gasteiger partial charge on any atom is 0.281 e. The average molecular weight is 476 g/mol. The number of nitro groups is 1. The topological polar surface area (TPSA) is 97.4 Å². The summed E-state index contributed by atoms with van der Waals surface area (Å²) in [6.07, 6.45) is 1.95. The van der Waals surface area contributed by atoms with Gasteiger partial charge in [0.1, 0.15) is 11.5 Å². The molecule has 1 aliphatic rings. The molecular weight excluding hydrogens is 453 g/mol. The van der Waals surface area contributed by atoms with Crippen LogP contribution in [-0.4, -0.2) is 10.8 Å². The van der Waals surface area contributed by atoms with E-state index in [1.165, 1.54) is 6.07 Å². The van der Waals surface area contributed by atoms with E-state index in [4.69, 9.17) is 16.0 Å². The van der Waals surface area contributed by atoms with Gasteiger partial charge in [-0.3, -0.25) is 14.9 Å². The zero-order valence-electron chi connectivity index (χ0n) is 17.3. The first-order valence-corrected chi connectivity index (χ1v) is 10.5. The summed E-state index contributed by atoms with van der Waals surface area (Å²) < 4.78 is 5.82. The molecule has 1 heterocycles. The van der Waals surface area contributed by atoms with Crippen molar-refractivity contribution in [1.82, 2.24) is 5.32 Å². The Bertz CT molecular complexity index is 1110. The molecule has 168 valence electrons. The Labute approximate surface area is 196 Å². The second-order valence-electron chi connectivity index (χ2n) is 7.67. The number of halogens is 2. The monoisotopic (exact) mass is 475 g/mol. The summed E-state index contributed by atoms with van der Waals surface area (Å²) in [6.45, 7) is 2.49. The fraction of sp³-hybridized carbons (Fsp3) is 0.261.